The molecule has 5 rings (SSSR count). The van der Waals surface area contributed by atoms with Gasteiger partial charge in [0.1, 0.15) is 10.6 Å². The Bertz CT molecular complexity index is 1400. The lowest BCUT2D eigenvalue weighted by Gasteiger charge is -2.06. The van der Waals surface area contributed by atoms with Crippen LogP contribution in [0.1, 0.15) is 15.4 Å². The van der Waals surface area contributed by atoms with Crippen LogP contribution >= 0.6 is 34.5 Å². The van der Waals surface area contributed by atoms with Crippen LogP contribution in [0.15, 0.2) is 42.2 Å². The molecule has 0 radical (unpaired) electrons. The Balaban J connectivity index is 1.39. The SMILES string of the molecule is Cc1cc(NC(=O)c2cncs2)cc(-c2nsc(Nc3ccc4[nH]ncc4c3Cl)n2)n1. The van der Waals surface area contributed by atoms with Gasteiger partial charge in [0.25, 0.3) is 5.91 Å². The second-order valence-corrected chi connectivity index (χ2v) is 8.52. The third-order valence-electron chi connectivity index (χ3n) is 4.32. The minimum absolute atomic E-state index is 0.225. The van der Waals surface area contributed by atoms with E-state index in [0.717, 1.165) is 16.6 Å². The number of amides is 1. The number of hydrogen-bond acceptors (Lipinski definition) is 9. The van der Waals surface area contributed by atoms with Gasteiger partial charge in [0.05, 0.1) is 34.1 Å². The Morgan fingerprint density at radius 3 is 2.94 bits per heavy atom. The Hall–Kier alpha value is -3.41. The maximum absolute atomic E-state index is 12.3. The number of fused-ring (bicyclic) bond motifs is 1. The number of anilines is 3. The first kappa shape index (κ1) is 19.5. The molecule has 5 aromatic rings. The zero-order valence-electron chi connectivity index (χ0n) is 15.9. The highest BCUT2D eigenvalue weighted by molar-refractivity contribution is 7.11. The summed E-state index contributed by atoms with van der Waals surface area (Å²) < 4.78 is 4.40. The normalized spacial score (nSPS) is 11.0. The lowest BCUT2D eigenvalue weighted by molar-refractivity contribution is 0.103. The van der Waals surface area contributed by atoms with E-state index in [4.69, 9.17) is 11.6 Å². The van der Waals surface area contributed by atoms with E-state index in [2.05, 4.69) is 40.2 Å². The van der Waals surface area contributed by atoms with Gasteiger partial charge in [0.15, 0.2) is 5.82 Å². The Morgan fingerprint density at radius 1 is 1.19 bits per heavy atom. The molecular formula is C19H13ClN8OS2. The molecule has 0 saturated carbocycles. The fraction of sp³-hybridized carbons (Fsp3) is 0.0526. The summed E-state index contributed by atoms with van der Waals surface area (Å²) in [7, 11) is 0. The lowest BCUT2D eigenvalue weighted by atomic mass is 10.2. The lowest BCUT2D eigenvalue weighted by Crippen LogP contribution is -2.10. The quantitative estimate of drug-likeness (QED) is 0.335. The zero-order valence-corrected chi connectivity index (χ0v) is 18.3. The van der Waals surface area contributed by atoms with Gasteiger partial charge in [-0.1, -0.05) is 11.6 Å². The van der Waals surface area contributed by atoms with Gasteiger partial charge < -0.3 is 10.6 Å². The van der Waals surface area contributed by atoms with E-state index in [1.807, 2.05) is 19.1 Å². The number of rotatable bonds is 5. The summed E-state index contributed by atoms with van der Waals surface area (Å²) in [5, 5.41) is 14.9. The molecule has 0 saturated heterocycles. The molecule has 0 fully saturated rings. The molecule has 1 amide bonds. The van der Waals surface area contributed by atoms with E-state index in [0.29, 0.717) is 37.9 Å². The van der Waals surface area contributed by atoms with Gasteiger partial charge in [-0.25, -0.2) is 4.98 Å². The van der Waals surface area contributed by atoms with Crippen LogP contribution in [0.2, 0.25) is 5.02 Å². The average molecular weight is 469 g/mol. The standard InChI is InChI=1S/C19H13ClN8OS2/c1-9-4-10(24-18(29)15-7-21-8-30-15)5-14(23-9)17-26-19(31-28-17)25-13-3-2-12-11(16(13)20)6-22-27-12/h2-8H,1H3,(H,22,27)(H,23,24,29)(H,25,26,28). The van der Waals surface area contributed by atoms with Crippen molar-refractivity contribution >= 4 is 67.8 Å². The van der Waals surface area contributed by atoms with Crippen molar-refractivity contribution in [2.45, 2.75) is 6.92 Å². The summed E-state index contributed by atoms with van der Waals surface area (Å²) >= 11 is 8.93. The molecule has 0 bridgehead atoms. The van der Waals surface area contributed by atoms with Gasteiger partial charge in [-0.05, 0) is 31.2 Å². The van der Waals surface area contributed by atoms with E-state index in [-0.39, 0.29) is 5.91 Å². The van der Waals surface area contributed by atoms with E-state index >= 15 is 0 Å². The van der Waals surface area contributed by atoms with Crippen molar-refractivity contribution in [3.8, 4) is 11.5 Å². The molecule has 0 aliphatic rings. The first-order chi connectivity index (χ1) is 15.1. The van der Waals surface area contributed by atoms with Crippen molar-refractivity contribution in [3.63, 3.8) is 0 Å². The number of hydrogen-bond donors (Lipinski definition) is 3. The molecule has 9 nitrogen and oxygen atoms in total. The first-order valence-electron chi connectivity index (χ1n) is 8.98. The predicted molar refractivity (Wildman–Crippen MR) is 122 cm³/mol. The van der Waals surface area contributed by atoms with Crippen LogP contribution in [0.25, 0.3) is 22.4 Å². The summed E-state index contributed by atoms with van der Waals surface area (Å²) in [5.74, 6) is 0.224. The average Bonchev–Trinajstić information content (AvgIpc) is 3.51. The third-order valence-corrected chi connectivity index (χ3v) is 6.13. The summed E-state index contributed by atoms with van der Waals surface area (Å²) in [6.45, 7) is 1.84. The summed E-state index contributed by atoms with van der Waals surface area (Å²) in [6.07, 6.45) is 3.20. The minimum atomic E-state index is -0.225. The van der Waals surface area contributed by atoms with Gasteiger partial charge >= 0.3 is 0 Å². The molecule has 0 aliphatic carbocycles. The zero-order chi connectivity index (χ0) is 21.4. The van der Waals surface area contributed by atoms with Crippen molar-refractivity contribution < 1.29 is 4.79 Å². The highest BCUT2D eigenvalue weighted by Crippen LogP contribution is 2.33. The molecule has 4 heterocycles. The van der Waals surface area contributed by atoms with Crippen LogP contribution in [0.4, 0.5) is 16.5 Å². The fourth-order valence-electron chi connectivity index (χ4n) is 2.95. The number of carbonyl (C=O) groups is 1. The van der Waals surface area contributed by atoms with Crippen molar-refractivity contribution in [2.24, 2.45) is 0 Å². The molecule has 1 aromatic carbocycles. The molecule has 0 unspecified atom stereocenters. The van der Waals surface area contributed by atoms with Crippen molar-refractivity contribution in [1.29, 1.82) is 0 Å². The second kappa shape index (κ2) is 8.02. The number of pyridine rings is 1. The maximum atomic E-state index is 12.3. The number of nitrogens with one attached hydrogen (secondary N) is 3. The number of aromatic nitrogens is 6. The maximum Gasteiger partial charge on any atom is 0.267 e. The monoisotopic (exact) mass is 468 g/mol. The fourth-order valence-corrected chi connectivity index (χ4v) is 4.31. The van der Waals surface area contributed by atoms with E-state index in [1.165, 1.54) is 29.1 Å². The number of H-pyrrole nitrogens is 1. The Morgan fingerprint density at radius 2 is 2.10 bits per heavy atom. The Labute approximate surface area is 188 Å². The molecule has 0 spiro atoms. The number of carbonyl (C=O) groups excluding carboxylic acids is 1. The van der Waals surface area contributed by atoms with E-state index in [1.54, 1.807) is 23.8 Å². The van der Waals surface area contributed by atoms with Crippen molar-refractivity contribution in [1.82, 2.24) is 29.5 Å². The highest BCUT2D eigenvalue weighted by atomic mass is 35.5. The Kier molecular flexibility index (Phi) is 5.06. The highest BCUT2D eigenvalue weighted by Gasteiger charge is 2.14. The number of thiazole rings is 1. The summed E-state index contributed by atoms with van der Waals surface area (Å²) in [4.78, 5) is 25.8. The molecular weight excluding hydrogens is 456 g/mol. The smallest absolute Gasteiger partial charge is 0.267 e. The summed E-state index contributed by atoms with van der Waals surface area (Å²) in [6, 6.07) is 7.26. The van der Waals surface area contributed by atoms with Crippen LogP contribution in [0.5, 0.6) is 0 Å². The summed E-state index contributed by atoms with van der Waals surface area (Å²) in [5.41, 5.74) is 5.06. The van der Waals surface area contributed by atoms with Crippen LogP contribution in [0, 0.1) is 6.92 Å². The third kappa shape index (κ3) is 3.98. The van der Waals surface area contributed by atoms with Crippen molar-refractivity contribution in [2.75, 3.05) is 10.6 Å². The van der Waals surface area contributed by atoms with Crippen LogP contribution < -0.4 is 10.6 Å². The second-order valence-electron chi connectivity index (χ2n) is 6.51. The number of benzene rings is 1. The van der Waals surface area contributed by atoms with Crippen LogP contribution in [-0.2, 0) is 0 Å². The molecule has 0 atom stereocenters. The van der Waals surface area contributed by atoms with Crippen LogP contribution in [-0.4, -0.2) is 35.4 Å². The van der Waals surface area contributed by atoms with Gasteiger partial charge in [-0.15, -0.1) is 11.3 Å². The van der Waals surface area contributed by atoms with Gasteiger partial charge in [-0.3, -0.25) is 14.9 Å². The minimum Gasteiger partial charge on any atom is -0.329 e. The topological polar surface area (TPSA) is 121 Å². The van der Waals surface area contributed by atoms with Gasteiger partial charge in [0.2, 0.25) is 5.13 Å². The van der Waals surface area contributed by atoms with E-state index in [9.17, 15) is 4.79 Å². The number of aryl methyl sites for hydroxylation is 1. The molecule has 12 heteroatoms. The largest absolute Gasteiger partial charge is 0.329 e. The molecule has 0 aliphatic heterocycles. The number of halogens is 1. The molecule has 4 aromatic heterocycles. The van der Waals surface area contributed by atoms with Crippen molar-refractivity contribution in [3.05, 3.63) is 57.8 Å². The first-order valence-corrected chi connectivity index (χ1v) is 11.0. The molecule has 31 heavy (non-hydrogen) atoms. The van der Waals surface area contributed by atoms with Crippen LogP contribution in [0.3, 0.4) is 0 Å². The van der Waals surface area contributed by atoms with Gasteiger partial charge in [-0.2, -0.15) is 14.5 Å². The number of aromatic amines is 1. The molecule has 154 valence electrons. The van der Waals surface area contributed by atoms with E-state index < -0.39 is 0 Å². The predicted octanol–water partition coefficient (Wildman–Crippen LogP) is 4.89. The molecule has 3 N–H and O–H groups in total. The van der Waals surface area contributed by atoms with Gasteiger partial charge in [0, 0.05) is 28.3 Å². The number of nitrogens with zero attached hydrogens (tertiary/aromatic N) is 5.